The maximum absolute atomic E-state index is 13.3. The predicted molar refractivity (Wildman–Crippen MR) is 88.2 cm³/mol. The van der Waals surface area contributed by atoms with Gasteiger partial charge in [0.1, 0.15) is 22.7 Å². The zero-order valence-corrected chi connectivity index (χ0v) is 13.7. The van der Waals surface area contributed by atoms with Gasteiger partial charge in [0.2, 0.25) is 0 Å². The summed E-state index contributed by atoms with van der Waals surface area (Å²) in [5.74, 6) is 0.391. The lowest BCUT2D eigenvalue weighted by atomic mass is 10.1. The van der Waals surface area contributed by atoms with Gasteiger partial charge in [-0.05, 0) is 12.1 Å². The highest BCUT2D eigenvalue weighted by molar-refractivity contribution is 7.09. The van der Waals surface area contributed by atoms with Gasteiger partial charge in [-0.25, -0.2) is 9.37 Å². The zero-order valence-electron chi connectivity index (χ0n) is 12.9. The fourth-order valence-corrected chi connectivity index (χ4v) is 4.20. The molecule has 0 saturated carbocycles. The first kappa shape index (κ1) is 15.1. The van der Waals surface area contributed by atoms with Crippen LogP contribution in [0.3, 0.4) is 0 Å². The quantitative estimate of drug-likeness (QED) is 0.860. The molecule has 0 spiro atoms. The van der Waals surface area contributed by atoms with Gasteiger partial charge < -0.3 is 4.74 Å². The van der Waals surface area contributed by atoms with Gasteiger partial charge >= 0.3 is 0 Å². The summed E-state index contributed by atoms with van der Waals surface area (Å²) in [6, 6.07) is 6.97. The van der Waals surface area contributed by atoms with Crippen LogP contribution in [0, 0.1) is 5.82 Å². The topological polar surface area (TPSA) is 28.6 Å². The summed E-state index contributed by atoms with van der Waals surface area (Å²) in [4.78, 5) is 9.36. The molecule has 2 fully saturated rings. The Morgan fingerprint density at radius 2 is 2.26 bits per heavy atom. The second kappa shape index (κ2) is 6.55. The first-order valence-electron chi connectivity index (χ1n) is 8.03. The second-order valence-electron chi connectivity index (χ2n) is 6.24. The van der Waals surface area contributed by atoms with Crippen LogP contribution in [0.4, 0.5) is 4.39 Å². The molecule has 2 atom stereocenters. The number of piperazine rings is 1. The van der Waals surface area contributed by atoms with Crippen LogP contribution in [0.15, 0.2) is 35.8 Å². The van der Waals surface area contributed by atoms with Crippen molar-refractivity contribution < 1.29 is 9.13 Å². The van der Waals surface area contributed by atoms with Crippen molar-refractivity contribution in [3.8, 4) is 5.75 Å². The number of benzene rings is 1. The van der Waals surface area contributed by atoms with E-state index in [-0.39, 0.29) is 11.9 Å². The van der Waals surface area contributed by atoms with Crippen LogP contribution >= 0.6 is 11.3 Å². The molecule has 3 heterocycles. The van der Waals surface area contributed by atoms with Crippen molar-refractivity contribution in [2.75, 3.05) is 26.2 Å². The van der Waals surface area contributed by atoms with Gasteiger partial charge in [0.05, 0.1) is 6.54 Å². The van der Waals surface area contributed by atoms with E-state index in [0.717, 1.165) is 39.1 Å². The molecule has 2 aromatic rings. The van der Waals surface area contributed by atoms with Crippen LogP contribution in [0.1, 0.15) is 11.4 Å². The van der Waals surface area contributed by atoms with E-state index in [0.29, 0.717) is 11.8 Å². The Morgan fingerprint density at radius 1 is 1.30 bits per heavy atom. The molecule has 4 nitrogen and oxygen atoms in total. The van der Waals surface area contributed by atoms with Crippen LogP contribution < -0.4 is 4.74 Å². The van der Waals surface area contributed by atoms with Crippen molar-refractivity contribution in [1.82, 2.24) is 14.8 Å². The van der Waals surface area contributed by atoms with Gasteiger partial charge in [-0.2, -0.15) is 0 Å². The van der Waals surface area contributed by atoms with Crippen molar-refractivity contribution in [2.45, 2.75) is 25.1 Å². The number of hydrogen-bond donors (Lipinski definition) is 0. The van der Waals surface area contributed by atoms with Gasteiger partial charge in [-0.1, -0.05) is 6.07 Å². The molecule has 1 aromatic heterocycles. The minimum Gasteiger partial charge on any atom is -0.489 e. The Labute approximate surface area is 139 Å². The number of rotatable bonds is 4. The summed E-state index contributed by atoms with van der Waals surface area (Å²) in [7, 11) is 0. The number of nitrogens with zero attached hydrogens (tertiary/aromatic N) is 3. The fraction of sp³-hybridized carbons (Fsp3) is 0.471. The summed E-state index contributed by atoms with van der Waals surface area (Å²) in [6.45, 7) is 5.08. The molecule has 0 radical (unpaired) electrons. The zero-order chi connectivity index (χ0) is 15.6. The number of fused-ring (bicyclic) bond motifs is 1. The molecule has 0 bridgehead atoms. The molecule has 2 unspecified atom stereocenters. The number of ether oxygens (including phenoxy) is 1. The highest BCUT2D eigenvalue weighted by Crippen LogP contribution is 2.26. The lowest BCUT2D eigenvalue weighted by Gasteiger charge is -2.36. The predicted octanol–water partition coefficient (Wildman–Crippen LogP) is 2.62. The van der Waals surface area contributed by atoms with Crippen molar-refractivity contribution in [1.29, 1.82) is 0 Å². The van der Waals surface area contributed by atoms with Crippen LogP contribution in [0.2, 0.25) is 0 Å². The summed E-state index contributed by atoms with van der Waals surface area (Å²) in [5.41, 5.74) is 0. The lowest BCUT2D eigenvalue weighted by Crippen LogP contribution is -2.49. The van der Waals surface area contributed by atoms with Gasteiger partial charge in [-0.3, -0.25) is 9.80 Å². The van der Waals surface area contributed by atoms with E-state index in [9.17, 15) is 4.39 Å². The van der Waals surface area contributed by atoms with E-state index in [1.165, 1.54) is 17.1 Å². The molecule has 2 saturated heterocycles. The molecule has 0 N–H and O–H groups in total. The maximum Gasteiger partial charge on any atom is 0.126 e. The SMILES string of the molecule is Fc1cccc(OC2CC3CN(Cc4nccs4)CCN3C2)c1. The Kier molecular flexibility index (Phi) is 4.29. The third kappa shape index (κ3) is 3.54. The Bertz CT molecular complexity index is 651. The third-order valence-corrected chi connectivity index (χ3v) is 5.37. The van der Waals surface area contributed by atoms with Crippen LogP contribution in [0.25, 0.3) is 0 Å². The summed E-state index contributed by atoms with van der Waals surface area (Å²) in [6.07, 6.45) is 3.03. The number of halogens is 1. The average molecular weight is 333 g/mol. The monoisotopic (exact) mass is 333 g/mol. The smallest absolute Gasteiger partial charge is 0.126 e. The largest absolute Gasteiger partial charge is 0.489 e. The number of hydrogen-bond acceptors (Lipinski definition) is 5. The molecule has 1 aromatic carbocycles. The minimum atomic E-state index is -0.243. The summed E-state index contributed by atoms with van der Waals surface area (Å²) >= 11 is 1.72. The van der Waals surface area contributed by atoms with Gasteiger partial charge in [0.15, 0.2) is 0 Å². The Hall–Kier alpha value is -1.50. The average Bonchev–Trinajstić information content (AvgIpc) is 3.16. The van der Waals surface area contributed by atoms with Crippen molar-refractivity contribution in [2.24, 2.45) is 0 Å². The molecule has 2 aliphatic heterocycles. The Morgan fingerprint density at radius 3 is 3.09 bits per heavy atom. The fourth-order valence-electron chi connectivity index (χ4n) is 3.54. The van der Waals surface area contributed by atoms with Gasteiger partial charge in [0.25, 0.3) is 0 Å². The van der Waals surface area contributed by atoms with Crippen LogP contribution in [-0.4, -0.2) is 53.1 Å². The van der Waals surface area contributed by atoms with E-state index in [1.54, 1.807) is 17.4 Å². The van der Waals surface area contributed by atoms with Gasteiger partial charge in [-0.15, -0.1) is 11.3 Å². The summed E-state index contributed by atoms with van der Waals surface area (Å²) in [5, 5.41) is 3.22. The molecule has 6 heteroatoms. The van der Waals surface area contributed by atoms with E-state index < -0.39 is 0 Å². The molecular formula is C17H20FN3OS. The Balaban J connectivity index is 1.34. The number of thiazole rings is 1. The second-order valence-corrected chi connectivity index (χ2v) is 7.22. The van der Waals surface area contributed by atoms with E-state index >= 15 is 0 Å². The highest BCUT2D eigenvalue weighted by Gasteiger charge is 2.37. The van der Waals surface area contributed by atoms with E-state index in [2.05, 4.69) is 14.8 Å². The standard InChI is InChI=1S/C17H20FN3OS/c18-13-2-1-3-15(8-13)22-16-9-14-10-20(5-6-21(14)11-16)12-17-19-4-7-23-17/h1-4,7-8,14,16H,5-6,9-12H2. The molecule has 2 aliphatic rings. The van der Waals surface area contributed by atoms with Crippen LogP contribution in [-0.2, 0) is 6.54 Å². The minimum absolute atomic E-state index is 0.154. The molecule has 122 valence electrons. The summed E-state index contributed by atoms with van der Waals surface area (Å²) < 4.78 is 19.2. The maximum atomic E-state index is 13.3. The molecule has 0 amide bonds. The van der Waals surface area contributed by atoms with Gasteiger partial charge in [0, 0.05) is 56.3 Å². The molecule has 0 aliphatic carbocycles. The molecule has 4 rings (SSSR count). The van der Waals surface area contributed by atoms with E-state index in [4.69, 9.17) is 4.74 Å². The highest BCUT2D eigenvalue weighted by atomic mass is 32.1. The normalized spacial score (nSPS) is 25.4. The van der Waals surface area contributed by atoms with Crippen molar-refractivity contribution in [3.63, 3.8) is 0 Å². The van der Waals surface area contributed by atoms with Crippen molar-refractivity contribution in [3.05, 3.63) is 46.7 Å². The first-order chi connectivity index (χ1) is 11.3. The molecular weight excluding hydrogens is 313 g/mol. The van der Waals surface area contributed by atoms with Crippen LogP contribution in [0.5, 0.6) is 5.75 Å². The van der Waals surface area contributed by atoms with E-state index in [1.807, 2.05) is 17.6 Å². The molecule has 23 heavy (non-hydrogen) atoms. The lowest BCUT2D eigenvalue weighted by molar-refractivity contribution is 0.0978. The van der Waals surface area contributed by atoms with Crippen molar-refractivity contribution >= 4 is 11.3 Å². The third-order valence-electron chi connectivity index (χ3n) is 4.60. The number of aromatic nitrogens is 1. The first-order valence-corrected chi connectivity index (χ1v) is 8.91.